The first kappa shape index (κ1) is 29.3. The minimum absolute atomic E-state index is 0.0608. The molecule has 1 fully saturated rings. The van der Waals surface area contributed by atoms with Crippen LogP contribution in [0.3, 0.4) is 0 Å². The molecule has 2 aromatic heterocycles. The van der Waals surface area contributed by atoms with Crippen LogP contribution in [0.5, 0.6) is 5.75 Å². The Morgan fingerprint density at radius 1 is 1.07 bits per heavy atom. The fourth-order valence-electron chi connectivity index (χ4n) is 6.21. The van der Waals surface area contributed by atoms with Gasteiger partial charge in [0, 0.05) is 66.1 Å². The smallest absolute Gasteiger partial charge is 0.255 e. The molecule has 2 aliphatic heterocycles. The van der Waals surface area contributed by atoms with Gasteiger partial charge in [-0.05, 0) is 70.2 Å². The van der Waals surface area contributed by atoms with E-state index >= 15 is 0 Å². The van der Waals surface area contributed by atoms with Crippen LogP contribution in [0, 0.1) is 5.82 Å². The largest absolute Gasteiger partial charge is 0.487 e. The molecule has 0 spiro atoms. The molecule has 11 heteroatoms. The van der Waals surface area contributed by atoms with Crippen molar-refractivity contribution >= 4 is 21.8 Å². The summed E-state index contributed by atoms with van der Waals surface area (Å²) in [6.07, 6.45) is 4.19. The molecule has 6 rings (SSSR count). The summed E-state index contributed by atoms with van der Waals surface area (Å²) in [4.78, 5) is 30.4. The van der Waals surface area contributed by atoms with E-state index in [1.54, 1.807) is 18.3 Å². The molecule has 4 heterocycles. The van der Waals surface area contributed by atoms with Crippen LogP contribution in [-0.4, -0.2) is 66.0 Å². The summed E-state index contributed by atoms with van der Waals surface area (Å²) in [5.41, 5.74) is 2.08. The van der Waals surface area contributed by atoms with E-state index in [1.807, 2.05) is 53.9 Å². The lowest BCUT2D eigenvalue weighted by molar-refractivity contribution is 0.0263. The van der Waals surface area contributed by atoms with Crippen molar-refractivity contribution in [1.82, 2.24) is 29.4 Å². The number of rotatable bonds is 5. The van der Waals surface area contributed by atoms with Gasteiger partial charge in [0.1, 0.15) is 17.2 Å². The quantitative estimate of drug-likeness (QED) is 0.295. The van der Waals surface area contributed by atoms with Crippen molar-refractivity contribution in [2.75, 3.05) is 13.1 Å². The second-order valence-electron chi connectivity index (χ2n) is 12.1. The molecule has 1 amide bonds. The third-order valence-corrected chi connectivity index (χ3v) is 8.75. The highest BCUT2D eigenvalue weighted by atomic mass is 79.9. The number of amides is 1. The number of carbonyl (C=O) groups excluding carboxylic acids is 1. The molecule has 1 saturated heterocycles. The van der Waals surface area contributed by atoms with Gasteiger partial charge in [-0.2, -0.15) is 0 Å². The summed E-state index contributed by atoms with van der Waals surface area (Å²) >= 11 is 3.45. The molecule has 2 aromatic carbocycles. The Labute approximate surface area is 258 Å². The van der Waals surface area contributed by atoms with Crippen LogP contribution in [-0.2, 0) is 6.54 Å². The van der Waals surface area contributed by atoms with E-state index in [1.165, 1.54) is 22.8 Å². The van der Waals surface area contributed by atoms with E-state index in [9.17, 15) is 14.0 Å². The lowest BCUT2D eigenvalue weighted by atomic mass is 9.90. The highest BCUT2D eigenvalue weighted by Gasteiger charge is 2.37. The first-order chi connectivity index (χ1) is 20.5. The molecule has 2 aliphatic rings. The van der Waals surface area contributed by atoms with Crippen molar-refractivity contribution in [3.05, 3.63) is 104 Å². The maximum Gasteiger partial charge on any atom is 0.255 e. The van der Waals surface area contributed by atoms with Crippen molar-refractivity contribution in [2.45, 2.75) is 64.4 Å². The third kappa shape index (κ3) is 6.01. The van der Waals surface area contributed by atoms with Crippen molar-refractivity contribution in [2.24, 2.45) is 0 Å². The van der Waals surface area contributed by atoms with E-state index in [0.717, 1.165) is 15.7 Å². The van der Waals surface area contributed by atoms with Gasteiger partial charge >= 0.3 is 0 Å². The van der Waals surface area contributed by atoms with Gasteiger partial charge in [-0.3, -0.25) is 19.1 Å². The van der Waals surface area contributed by atoms with Crippen molar-refractivity contribution in [3.63, 3.8) is 0 Å². The van der Waals surface area contributed by atoms with Crippen LogP contribution in [0.1, 0.15) is 61.8 Å². The molecule has 0 bridgehead atoms. The molecule has 0 aliphatic carbocycles. The molecular weight excluding hydrogens is 615 g/mol. The van der Waals surface area contributed by atoms with Gasteiger partial charge < -0.3 is 9.64 Å². The number of hydrogen-bond acceptors (Lipinski definition) is 6. The molecule has 0 N–H and O–H groups in total. The Morgan fingerprint density at radius 2 is 1.84 bits per heavy atom. The van der Waals surface area contributed by atoms with E-state index in [-0.39, 0.29) is 35.4 Å². The number of ether oxygens (including phenoxy) is 1. The van der Waals surface area contributed by atoms with Gasteiger partial charge in [-0.25, -0.2) is 9.07 Å². The molecule has 9 nitrogen and oxygen atoms in total. The summed E-state index contributed by atoms with van der Waals surface area (Å²) in [6, 6.07) is 15.0. The van der Waals surface area contributed by atoms with Gasteiger partial charge in [0.15, 0.2) is 0 Å². The zero-order chi connectivity index (χ0) is 30.5. The molecule has 0 saturated carbocycles. The number of benzene rings is 2. The fourth-order valence-corrected chi connectivity index (χ4v) is 6.59. The fraction of sp³-hybridized carbons (Fsp3) is 0.375. The monoisotopic (exact) mass is 648 g/mol. The summed E-state index contributed by atoms with van der Waals surface area (Å²) in [6.45, 7) is 9.88. The van der Waals surface area contributed by atoms with Crippen LogP contribution in [0.4, 0.5) is 4.39 Å². The standard InChI is InChI=1S/C32H34BrFN6O3/c1-20-15-37(31(42)22-8-11-30(41)39(17-22)26-7-5-6-23(33)12-26)16-21(2)38(20)18-25-19-40(36-35-25)28-14-32(3,4)43-29-10-9-24(34)13-27(28)29/h5-13,17,19-21,28H,14-16,18H2,1-4H3/t20-,21+,28-/m1/s1. The number of carbonyl (C=O) groups is 1. The van der Waals surface area contributed by atoms with Crippen LogP contribution in [0.2, 0.25) is 0 Å². The SMILES string of the molecule is C[C@@H]1CN(C(=O)c2ccc(=O)n(-c3cccc(Br)c3)c2)C[C@H](C)N1Cc1cn([C@@H]2CC(C)(C)Oc3ccc(F)cc32)nn1. The van der Waals surface area contributed by atoms with E-state index < -0.39 is 5.60 Å². The number of hydrogen-bond donors (Lipinski definition) is 0. The predicted octanol–water partition coefficient (Wildman–Crippen LogP) is 5.22. The van der Waals surface area contributed by atoms with Gasteiger partial charge in [-0.15, -0.1) is 5.10 Å². The van der Waals surface area contributed by atoms with Gasteiger partial charge in [-0.1, -0.05) is 27.2 Å². The molecule has 3 atom stereocenters. The Balaban J connectivity index is 1.16. The minimum atomic E-state index is -0.432. The van der Waals surface area contributed by atoms with Crippen LogP contribution >= 0.6 is 15.9 Å². The van der Waals surface area contributed by atoms with Gasteiger partial charge in [0.25, 0.3) is 11.5 Å². The zero-order valence-electron chi connectivity index (χ0n) is 24.6. The van der Waals surface area contributed by atoms with Gasteiger partial charge in [0.05, 0.1) is 23.5 Å². The van der Waals surface area contributed by atoms with Gasteiger partial charge in [0.2, 0.25) is 0 Å². The second-order valence-corrected chi connectivity index (χ2v) is 13.1. The topological polar surface area (TPSA) is 85.5 Å². The molecule has 0 unspecified atom stereocenters. The van der Waals surface area contributed by atoms with E-state index in [0.29, 0.717) is 43.1 Å². The lowest BCUT2D eigenvalue weighted by Crippen LogP contribution is -2.57. The summed E-state index contributed by atoms with van der Waals surface area (Å²) in [5, 5.41) is 8.92. The molecule has 4 aromatic rings. The second kappa shape index (κ2) is 11.3. The number of fused-ring (bicyclic) bond motifs is 1. The summed E-state index contributed by atoms with van der Waals surface area (Å²) < 4.78 is 24.4. The molecule has 224 valence electrons. The summed E-state index contributed by atoms with van der Waals surface area (Å²) in [5.74, 6) is 0.241. The van der Waals surface area contributed by atoms with Crippen LogP contribution in [0.25, 0.3) is 5.69 Å². The maximum absolute atomic E-state index is 14.2. The maximum atomic E-state index is 14.2. The van der Waals surface area contributed by atoms with Crippen molar-refractivity contribution in [3.8, 4) is 11.4 Å². The average Bonchev–Trinajstić information content (AvgIpc) is 3.43. The third-order valence-electron chi connectivity index (χ3n) is 8.26. The number of pyridine rings is 1. The Kier molecular flexibility index (Phi) is 7.72. The Morgan fingerprint density at radius 3 is 2.58 bits per heavy atom. The normalized spacial score (nSPS) is 21.7. The van der Waals surface area contributed by atoms with Crippen molar-refractivity contribution < 1.29 is 13.9 Å². The van der Waals surface area contributed by atoms with Crippen LogP contribution < -0.4 is 10.3 Å². The Hall–Kier alpha value is -3.83. The molecule has 0 radical (unpaired) electrons. The Bertz CT molecular complexity index is 1720. The van der Waals surface area contributed by atoms with E-state index in [2.05, 4.69) is 45.0 Å². The predicted molar refractivity (Wildman–Crippen MR) is 164 cm³/mol. The minimum Gasteiger partial charge on any atom is -0.487 e. The number of piperazine rings is 1. The van der Waals surface area contributed by atoms with E-state index in [4.69, 9.17) is 4.74 Å². The van der Waals surface area contributed by atoms with Crippen LogP contribution in [0.15, 0.2) is 76.3 Å². The van der Waals surface area contributed by atoms with Crippen molar-refractivity contribution in [1.29, 1.82) is 0 Å². The lowest BCUT2D eigenvalue weighted by Gasteiger charge is -2.44. The number of halogens is 2. The first-order valence-electron chi connectivity index (χ1n) is 14.4. The number of nitrogens with zero attached hydrogens (tertiary/aromatic N) is 6. The molecule has 43 heavy (non-hydrogen) atoms. The highest BCUT2D eigenvalue weighted by Crippen LogP contribution is 2.41. The molecular formula is C32H34BrFN6O3. The first-order valence-corrected chi connectivity index (χ1v) is 15.2. The summed E-state index contributed by atoms with van der Waals surface area (Å²) in [7, 11) is 0. The highest BCUT2D eigenvalue weighted by molar-refractivity contribution is 9.10. The zero-order valence-corrected chi connectivity index (χ0v) is 26.2. The average molecular weight is 650 g/mol. The number of aromatic nitrogens is 4.